The Balaban J connectivity index is 1.27. The maximum atomic E-state index is 13.9. The summed E-state index contributed by atoms with van der Waals surface area (Å²) in [7, 11) is 2.89. The topological polar surface area (TPSA) is 191 Å². The van der Waals surface area contributed by atoms with Crippen LogP contribution in [0.1, 0.15) is 75.3 Å². The summed E-state index contributed by atoms with van der Waals surface area (Å²) in [6.07, 6.45) is -4.48. The van der Waals surface area contributed by atoms with E-state index in [1.165, 1.54) is 25.3 Å². The number of ketones is 3. The lowest BCUT2D eigenvalue weighted by Gasteiger charge is -2.44. The second-order valence-corrected chi connectivity index (χ2v) is 13.6. The SMILES string of the molecule is COc1cccc2c1C(=O)c1c(O)c3c(c(O)c1C2=O)C[C@@](O)(C(=O)CO)C[C@@H]3O[C@H]1C[C@H]2[C@H](O[C@@H]3[C@@H](OC)OC(CCS)CN32)[C@H](C)O1. The van der Waals surface area contributed by atoms with Crippen LogP contribution in [0.4, 0.5) is 0 Å². The second kappa shape index (κ2) is 12.9. The lowest BCUT2D eigenvalue weighted by Crippen LogP contribution is -2.57. The van der Waals surface area contributed by atoms with E-state index in [0.29, 0.717) is 18.7 Å². The highest BCUT2D eigenvalue weighted by Crippen LogP contribution is 2.53. The van der Waals surface area contributed by atoms with Gasteiger partial charge in [-0.25, -0.2) is 0 Å². The van der Waals surface area contributed by atoms with E-state index >= 15 is 0 Å². The number of benzene rings is 2. The number of carbonyl (C=O) groups excluding carboxylic acids is 3. The molecule has 264 valence electrons. The van der Waals surface area contributed by atoms with E-state index in [0.717, 1.165) is 0 Å². The Morgan fingerprint density at radius 2 is 1.84 bits per heavy atom. The minimum Gasteiger partial charge on any atom is -0.507 e. The molecule has 0 aromatic heterocycles. The molecule has 0 saturated carbocycles. The van der Waals surface area contributed by atoms with Crippen molar-refractivity contribution < 1.29 is 63.2 Å². The quantitative estimate of drug-likeness (QED) is 0.167. The van der Waals surface area contributed by atoms with Gasteiger partial charge < -0.3 is 48.8 Å². The predicted molar refractivity (Wildman–Crippen MR) is 171 cm³/mol. The van der Waals surface area contributed by atoms with E-state index in [1.807, 2.05) is 6.92 Å². The number of carbonyl (C=O) groups is 3. The molecule has 3 heterocycles. The Bertz CT molecular complexity index is 1700. The lowest BCUT2D eigenvalue weighted by molar-refractivity contribution is -0.271. The first-order valence-electron chi connectivity index (χ1n) is 16.2. The third kappa shape index (κ3) is 5.38. The van der Waals surface area contributed by atoms with Crippen molar-refractivity contribution in [3.05, 3.63) is 51.6 Å². The van der Waals surface area contributed by atoms with Crippen LogP contribution in [0.15, 0.2) is 18.2 Å². The summed E-state index contributed by atoms with van der Waals surface area (Å²) < 4.78 is 36.1. The predicted octanol–water partition coefficient (Wildman–Crippen LogP) is 1.40. The Hall–Kier alpha value is -3.12. The maximum Gasteiger partial charge on any atom is 0.202 e. The molecular weight excluding hydrogens is 662 g/mol. The van der Waals surface area contributed by atoms with Gasteiger partial charge in [0, 0.05) is 55.6 Å². The van der Waals surface area contributed by atoms with Crippen molar-refractivity contribution in [2.24, 2.45) is 0 Å². The van der Waals surface area contributed by atoms with Crippen LogP contribution in [-0.4, -0.2) is 125 Å². The number of methoxy groups -OCH3 is 2. The molecule has 2 aromatic rings. The zero-order valence-corrected chi connectivity index (χ0v) is 28.1. The molecule has 5 aliphatic rings. The largest absolute Gasteiger partial charge is 0.507 e. The van der Waals surface area contributed by atoms with Crippen molar-refractivity contribution in [1.29, 1.82) is 0 Å². The molecule has 1 unspecified atom stereocenters. The van der Waals surface area contributed by atoms with E-state index < -0.39 is 96.0 Å². The first-order chi connectivity index (χ1) is 23.5. The van der Waals surface area contributed by atoms with Crippen LogP contribution in [-0.2, 0) is 34.9 Å². The molecule has 2 aliphatic carbocycles. The maximum absolute atomic E-state index is 13.9. The number of aliphatic hydroxyl groups is 2. The number of rotatable bonds is 8. The van der Waals surface area contributed by atoms with Crippen LogP contribution < -0.4 is 4.74 Å². The Kier molecular flexibility index (Phi) is 9.03. The van der Waals surface area contributed by atoms with Crippen molar-refractivity contribution in [1.82, 2.24) is 4.90 Å². The molecule has 3 fully saturated rings. The van der Waals surface area contributed by atoms with E-state index in [4.69, 9.17) is 28.4 Å². The lowest BCUT2D eigenvalue weighted by atomic mass is 9.72. The van der Waals surface area contributed by atoms with E-state index in [9.17, 15) is 34.8 Å². The first kappa shape index (κ1) is 34.3. The highest BCUT2D eigenvalue weighted by Gasteiger charge is 2.56. The molecule has 3 saturated heterocycles. The molecular formula is C34H39NO13S. The number of aromatic hydroxyl groups is 2. The van der Waals surface area contributed by atoms with Crippen LogP contribution in [0.3, 0.4) is 0 Å². The summed E-state index contributed by atoms with van der Waals surface area (Å²) in [5.74, 6) is -3.02. The second-order valence-electron chi connectivity index (χ2n) is 13.1. The van der Waals surface area contributed by atoms with Gasteiger partial charge in [0.15, 0.2) is 30.4 Å². The van der Waals surface area contributed by atoms with Crippen molar-refractivity contribution in [2.45, 2.75) is 87.5 Å². The van der Waals surface area contributed by atoms with Crippen LogP contribution in [0.5, 0.6) is 17.2 Å². The fourth-order valence-corrected chi connectivity index (χ4v) is 8.39. The third-order valence-electron chi connectivity index (χ3n) is 10.4. The number of phenolic OH excluding ortho intramolecular Hbond substituents is 2. The summed E-state index contributed by atoms with van der Waals surface area (Å²) in [5.41, 5.74) is -3.47. The van der Waals surface area contributed by atoms with Gasteiger partial charge in [-0.05, 0) is 25.2 Å². The molecule has 0 bridgehead atoms. The monoisotopic (exact) mass is 701 g/mol. The van der Waals surface area contributed by atoms with Crippen molar-refractivity contribution in [3.63, 3.8) is 0 Å². The van der Waals surface area contributed by atoms with E-state index in [-0.39, 0.29) is 52.7 Å². The van der Waals surface area contributed by atoms with Gasteiger partial charge in [0.1, 0.15) is 35.6 Å². The summed E-state index contributed by atoms with van der Waals surface area (Å²) in [6, 6.07) is 4.22. The van der Waals surface area contributed by atoms with Crippen molar-refractivity contribution in [2.75, 3.05) is 33.1 Å². The fraction of sp³-hybridized carbons (Fsp3) is 0.559. The molecule has 3 aliphatic heterocycles. The molecule has 49 heavy (non-hydrogen) atoms. The van der Waals surface area contributed by atoms with Gasteiger partial charge in [-0.1, -0.05) is 12.1 Å². The van der Waals surface area contributed by atoms with Gasteiger partial charge in [0.05, 0.1) is 42.1 Å². The number of ether oxygens (including phenoxy) is 6. The van der Waals surface area contributed by atoms with Gasteiger partial charge in [-0.15, -0.1) is 0 Å². The molecule has 14 nitrogen and oxygen atoms in total. The number of Topliss-reactive ketones (excluding diaryl/α,β-unsaturated/α-hetero) is 1. The van der Waals surface area contributed by atoms with E-state index in [2.05, 4.69) is 17.5 Å². The normalized spacial score (nSPS) is 33.7. The Labute approximate surface area is 287 Å². The molecule has 0 spiro atoms. The molecule has 0 radical (unpaired) electrons. The van der Waals surface area contributed by atoms with Crippen molar-refractivity contribution in [3.8, 4) is 17.2 Å². The average Bonchev–Trinajstić information content (AvgIpc) is 3.46. The zero-order chi connectivity index (χ0) is 34.9. The summed E-state index contributed by atoms with van der Waals surface area (Å²) >= 11 is 4.37. The average molecular weight is 702 g/mol. The molecule has 4 N–H and O–H groups in total. The highest BCUT2D eigenvalue weighted by molar-refractivity contribution is 7.80. The molecule has 0 amide bonds. The summed E-state index contributed by atoms with van der Waals surface area (Å²) in [5, 5.41) is 44.8. The number of hydrogen-bond acceptors (Lipinski definition) is 15. The number of phenols is 2. The minimum absolute atomic E-state index is 0.0385. The number of nitrogens with zero attached hydrogens (tertiary/aromatic N) is 1. The smallest absolute Gasteiger partial charge is 0.202 e. The summed E-state index contributed by atoms with van der Waals surface area (Å²) in [6.45, 7) is 1.37. The van der Waals surface area contributed by atoms with Crippen LogP contribution in [0.2, 0.25) is 0 Å². The molecule has 9 atom stereocenters. The van der Waals surface area contributed by atoms with Gasteiger partial charge in [-0.2, -0.15) is 12.6 Å². The molecule has 2 aromatic carbocycles. The summed E-state index contributed by atoms with van der Waals surface area (Å²) in [4.78, 5) is 42.8. The minimum atomic E-state index is -2.24. The van der Waals surface area contributed by atoms with Gasteiger partial charge in [0.2, 0.25) is 5.78 Å². The molecule has 15 heteroatoms. The number of aliphatic hydroxyl groups excluding tert-OH is 1. The number of fused-ring (bicyclic) bond motifs is 6. The first-order valence-corrected chi connectivity index (χ1v) is 16.8. The number of hydrogen-bond donors (Lipinski definition) is 5. The Morgan fingerprint density at radius 1 is 1.08 bits per heavy atom. The van der Waals surface area contributed by atoms with Crippen LogP contribution in [0, 0.1) is 0 Å². The van der Waals surface area contributed by atoms with Crippen molar-refractivity contribution >= 4 is 30.0 Å². The Morgan fingerprint density at radius 3 is 2.53 bits per heavy atom. The van der Waals surface area contributed by atoms with Gasteiger partial charge in [-0.3, -0.25) is 19.3 Å². The third-order valence-corrected chi connectivity index (χ3v) is 10.7. The standard InChI is InChI=1S/C34H39NO13S/c1-14-31-18(35-12-15(7-8-49)46-33(44-3)32(35)48-31)9-22(45-14)47-20-11-34(42,21(37)13-36)10-17-24(20)30(41)26-25(28(17)39)27(38)16-5-4-6-19(43-2)23(16)29(26)40/h4-6,14-15,18,20,22,31-33,36,39,41-42,49H,7-13H2,1-3H3/t14-,15?,18-,20-,22-,31+,32+,33-,34-/m0/s1. The number of morpholine rings is 1. The number of thiol groups is 1. The van der Waals surface area contributed by atoms with E-state index in [1.54, 1.807) is 7.11 Å². The molecule has 7 rings (SSSR count). The zero-order valence-electron chi connectivity index (χ0n) is 27.2. The van der Waals surface area contributed by atoms with Gasteiger partial charge in [0.25, 0.3) is 0 Å². The van der Waals surface area contributed by atoms with Crippen LogP contribution >= 0.6 is 12.6 Å². The highest BCUT2D eigenvalue weighted by atomic mass is 32.1. The fourth-order valence-electron chi connectivity index (χ4n) is 8.11. The van der Waals surface area contributed by atoms with Crippen LogP contribution in [0.25, 0.3) is 0 Å². The van der Waals surface area contributed by atoms with Gasteiger partial charge >= 0.3 is 0 Å².